The van der Waals surface area contributed by atoms with Crippen LogP contribution in [0.15, 0.2) is 23.9 Å². The second kappa shape index (κ2) is 2.41. The van der Waals surface area contributed by atoms with Crippen molar-refractivity contribution in [2.75, 3.05) is 0 Å². The highest BCUT2D eigenvalue weighted by molar-refractivity contribution is 5.74. The molecule has 0 aromatic heterocycles. The minimum Gasteiger partial charge on any atom is -0.120 e. The smallest absolute Gasteiger partial charge is 0.00686 e. The van der Waals surface area contributed by atoms with Crippen molar-refractivity contribution in [2.45, 2.75) is 13.3 Å². The zero-order chi connectivity index (χ0) is 7.68. The van der Waals surface area contributed by atoms with Crippen molar-refractivity contribution in [2.24, 2.45) is 0 Å². The van der Waals surface area contributed by atoms with Gasteiger partial charge in [0.05, 0.1) is 0 Å². The molecular weight excluding hydrogens is 132 g/mol. The predicted octanol–water partition coefficient (Wildman–Crippen LogP) is 2.89. The van der Waals surface area contributed by atoms with Gasteiger partial charge in [-0.2, -0.15) is 0 Å². The van der Waals surface area contributed by atoms with Crippen molar-refractivity contribution in [3.8, 4) is 0 Å². The summed E-state index contributed by atoms with van der Waals surface area (Å²) in [5.41, 5.74) is 7.20. The first-order chi connectivity index (χ1) is 5.42. The average molecular weight is 142 g/mol. The van der Waals surface area contributed by atoms with Crippen molar-refractivity contribution in [3.63, 3.8) is 0 Å². The van der Waals surface area contributed by atoms with Gasteiger partial charge in [0.15, 0.2) is 0 Å². The zero-order valence-corrected chi connectivity index (χ0v) is 6.59. The highest BCUT2D eigenvalue weighted by Gasteiger charge is 2.03. The standard InChI is InChI=1S/C11H10/c1-2-9-5-3-6-10-7-4-8-11(9)10/h3,5-8H,2H2,1H3. The summed E-state index contributed by atoms with van der Waals surface area (Å²) in [6.07, 6.45) is 5.21. The van der Waals surface area contributed by atoms with E-state index < -0.39 is 0 Å². The fraction of sp³-hybridized carbons (Fsp3) is 0.182. The summed E-state index contributed by atoms with van der Waals surface area (Å²) in [4.78, 5) is 0. The van der Waals surface area contributed by atoms with E-state index in [1.54, 1.807) is 0 Å². The van der Waals surface area contributed by atoms with Crippen LogP contribution in [0.4, 0.5) is 0 Å². The van der Waals surface area contributed by atoms with Crippen LogP contribution < -0.4 is 0 Å². The van der Waals surface area contributed by atoms with Crippen LogP contribution in [0.3, 0.4) is 0 Å². The third kappa shape index (κ3) is 0.923. The van der Waals surface area contributed by atoms with Crippen molar-refractivity contribution >= 4 is 12.2 Å². The lowest BCUT2D eigenvalue weighted by Gasteiger charge is -2.02. The Morgan fingerprint density at radius 2 is 2.18 bits per heavy atom. The monoisotopic (exact) mass is 142 g/mol. The van der Waals surface area contributed by atoms with Crippen LogP contribution in [0.25, 0.3) is 12.2 Å². The lowest BCUT2D eigenvalue weighted by Crippen LogP contribution is -1.86. The summed E-state index contributed by atoms with van der Waals surface area (Å²) in [5, 5.41) is 0. The fourth-order valence-corrected chi connectivity index (χ4v) is 1.46. The largest absolute Gasteiger partial charge is 0.120 e. The molecular formula is C11H10. The van der Waals surface area contributed by atoms with E-state index in [0.717, 1.165) is 6.42 Å². The Bertz CT molecular complexity index is 339. The van der Waals surface area contributed by atoms with Crippen LogP contribution in [-0.4, -0.2) is 0 Å². The van der Waals surface area contributed by atoms with E-state index in [4.69, 9.17) is 0 Å². The van der Waals surface area contributed by atoms with Crippen molar-refractivity contribution < 1.29 is 0 Å². The summed E-state index contributed by atoms with van der Waals surface area (Å²) < 4.78 is 0. The predicted molar refractivity (Wildman–Crippen MR) is 48.3 cm³/mol. The SMILES string of the molecule is CCc1cccc2c1C=C=C2. The summed E-state index contributed by atoms with van der Waals surface area (Å²) in [6, 6.07) is 6.41. The Balaban J connectivity index is 2.62. The van der Waals surface area contributed by atoms with Gasteiger partial charge >= 0.3 is 0 Å². The molecule has 0 heteroatoms. The summed E-state index contributed by atoms with van der Waals surface area (Å²) in [6.45, 7) is 2.18. The van der Waals surface area contributed by atoms with E-state index in [-0.39, 0.29) is 0 Å². The van der Waals surface area contributed by atoms with E-state index in [9.17, 15) is 0 Å². The van der Waals surface area contributed by atoms with Crippen LogP contribution in [0.5, 0.6) is 0 Å². The number of aryl methyl sites for hydroxylation is 1. The minimum atomic E-state index is 1.11. The second-order valence-corrected chi connectivity index (χ2v) is 2.73. The van der Waals surface area contributed by atoms with E-state index in [1.165, 1.54) is 16.7 Å². The first-order valence-corrected chi connectivity index (χ1v) is 3.96. The highest BCUT2D eigenvalue weighted by atomic mass is 14.1. The molecule has 0 nitrogen and oxygen atoms in total. The molecule has 0 atom stereocenters. The van der Waals surface area contributed by atoms with Gasteiger partial charge in [-0.05, 0) is 35.3 Å². The Hall–Kier alpha value is -1.26. The highest BCUT2D eigenvalue weighted by Crippen LogP contribution is 2.21. The topological polar surface area (TPSA) is 0 Å². The molecule has 0 spiro atoms. The van der Waals surface area contributed by atoms with E-state index in [0.29, 0.717) is 0 Å². The summed E-state index contributed by atoms with van der Waals surface area (Å²) in [5.74, 6) is 0. The number of benzene rings is 1. The Labute approximate surface area is 66.9 Å². The molecule has 1 aromatic carbocycles. The van der Waals surface area contributed by atoms with Crippen LogP contribution in [0, 0.1) is 0 Å². The molecule has 0 fully saturated rings. The molecule has 0 bridgehead atoms. The molecule has 54 valence electrons. The van der Waals surface area contributed by atoms with Crippen LogP contribution >= 0.6 is 0 Å². The number of hydrogen-bond donors (Lipinski definition) is 0. The molecule has 0 radical (unpaired) electrons. The minimum absolute atomic E-state index is 1.11. The number of rotatable bonds is 1. The molecule has 0 amide bonds. The third-order valence-electron chi connectivity index (χ3n) is 2.08. The second-order valence-electron chi connectivity index (χ2n) is 2.73. The molecule has 0 heterocycles. The van der Waals surface area contributed by atoms with Gasteiger partial charge in [-0.3, -0.25) is 0 Å². The van der Waals surface area contributed by atoms with Crippen LogP contribution in [0.1, 0.15) is 23.6 Å². The van der Waals surface area contributed by atoms with Gasteiger partial charge in [0, 0.05) is 0 Å². The van der Waals surface area contributed by atoms with Crippen LogP contribution in [0.2, 0.25) is 0 Å². The van der Waals surface area contributed by atoms with Gasteiger partial charge in [-0.15, -0.1) is 5.73 Å². The maximum atomic E-state index is 3.11. The fourth-order valence-electron chi connectivity index (χ4n) is 1.46. The van der Waals surface area contributed by atoms with Gasteiger partial charge in [0.25, 0.3) is 0 Å². The van der Waals surface area contributed by atoms with Crippen LogP contribution in [-0.2, 0) is 6.42 Å². The Kier molecular flexibility index (Phi) is 1.41. The maximum Gasteiger partial charge on any atom is -0.00686 e. The van der Waals surface area contributed by atoms with Gasteiger partial charge in [0.2, 0.25) is 0 Å². The first-order valence-electron chi connectivity index (χ1n) is 3.96. The molecule has 0 unspecified atom stereocenters. The number of hydrogen-bond acceptors (Lipinski definition) is 0. The van der Waals surface area contributed by atoms with Gasteiger partial charge in [-0.1, -0.05) is 25.1 Å². The molecule has 0 saturated carbocycles. The van der Waals surface area contributed by atoms with E-state index in [1.807, 2.05) is 6.08 Å². The Morgan fingerprint density at radius 1 is 1.27 bits per heavy atom. The normalized spacial score (nSPS) is 12.1. The summed E-state index contributed by atoms with van der Waals surface area (Å²) >= 11 is 0. The van der Waals surface area contributed by atoms with Gasteiger partial charge in [-0.25, -0.2) is 0 Å². The molecule has 2 rings (SSSR count). The van der Waals surface area contributed by atoms with Gasteiger partial charge < -0.3 is 0 Å². The molecule has 1 aromatic rings. The maximum absolute atomic E-state index is 3.11. The lowest BCUT2D eigenvalue weighted by atomic mass is 10.0. The Morgan fingerprint density at radius 3 is 3.00 bits per heavy atom. The first kappa shape index (κ1) is 6.45. The average Bonchev–Trinajstić information content (AvgIpc) is 2.50. The van der Waals surface area contributed by atoms with Crippen molar-refractivity contribution in [3.05, 3.63) is 40.6 Å². The molecule has 1 aliphatic carbocycles. The quantitative estimate of drug-likeness (QED) is 0.537. The molecule has 1 aliphatic rings. The third-order valence-corrected chi connectivity index (χ3v) is 2.08. The van der Waals surface area contributed by atoms with Gasteiger partial charge in [0.1, 0.15) is 0 Å². The number of fused-ring (bicyclic) bond motifs is 1. The molecule has 0 saturated heterocycles. The molecule has 0 aliphatic heterocycles. The molecule has 11 heavy (non-hydrogen) atoms. The van der Waals surface area contributed by atoms with E-state index >= 15 is 0 Å². The van der Waals surface area contributed by atoms with Crippen molar-refractivity contribution in [1.82, 2.24) is 0 Å². The lowest BCUT2D eigenvalue weighted by molar-refractivity contribution is 1.13. The molecule has 0 N–H and O–H groups in total. The zero-order valence-electron chi connectivity index (χ0n) is 6.59. The van der Waals surface area contributed by atoms with E-state index in [2.05, 4.69) is 36.9 Å². The summed E-state index contributed by atoms with van der Waals surface area (Å²) in [7, 11) is 0. The van der Waals surface area contributed by atoms with Crippen molar-refractivity contribution in [1.29, 1.82) is 0 Å².